The molecule has 0 aliphatic carbocycles. The van der Waals surface area contributed by atoms with Crippen LogP contribution in [-0.2, 0) is 14.4 Å². The molecule has 0 fully saturated rings. The summed E-state index contributed by atoms with van der Waals surface area (Å²) in [4.78, 5) is 25.3. The number of carbonyl (C=O) groups excluding carboxylic acids is 2. The van der Waals surface area contributed by atoms with E-state index in [1.54, 1.807) is 0 Å². The molecule has 0 aliphatic heterocycles. The third-order valence-corrected chi connectivity index (χ3v) is 0.918. The van der Waals surface area contributed by atoms with Gasteiger partial charge in [-0.3, -0.25) is 9.63 Å². The SMILES string of the molecule is CC(C)COC(=O)NOCC(N)=O. The van der Waals surface area contributed by atoms with Crippen molar-refractivity contribution in [2.24, 2.45) is 11.7 Å². The van der Waals surface area contributed by atoms with Crippen LogP contribution >= 0.6 is 0 Å². The highest BCUT2D eigenvalue weighted by atomic mass is 16.7. The Morgan fingerprint density at radius 1 is 1.46 bits per heavy atom. The molecule has 0 aromatic carbocycles. The second kappa shape index (κ2) is 6.24. The molecule has 0 aromatic heterocycles. The molecule has 0 heterocycles. The van der Waals surface area contributed by atoms with Gasteiger partial charge in [0.25, 0.3) is 0 Å². The molecule has 6 heteroatoms. The molecule has 3 N–H and O–H groups in total. The number of ether oxygens (including phenoxy) is 1. The van der Waals surface area contributed by atoms with Crippen LogP contribution in [-0.4, -0.2) is 25.2 Å². The first kappa shape index (κ1) is 11.7. The second-order valence-corrected chi connectivity index (χ2v) is 2.85. The van der Waals surface area contributed by atoms with Crippen LogP contribution in [0.1, 0.15) is 13.8 Å². The predicted molar refractivity (Wildman–Crippen MR) is 44.5 cm³/mol. The van der Waals surface area contributed by atoms with Crippen LogP contribution in [0.5, 0.6) is 0 Å². The van der Waals surface area contributed by atoms with Crippen molar-refractivity contribution >= 4 is 12.0 Å². The Hall–Kier alpha value is -1.30. The Bertz CT molecular complexity index is 181. The molecule has 2 amide bonds. The maximum absolute atomic E-state index is 10.7. The van der Waals surface area contributed by atoms with Crippen LogP contribution < -0.4 is 11.2 Å². The minimum atomic E-state index is -0.727. The number of hydroxylamine groups is 1. The van der Waals surface area contributed by atoms with Gasteiger partial charge < -0.3 is 10.5 Å². The van der Waals surface area contributed by atoms with Gasteiger partial charge in [0.2, 0.25) is 5.91 Å². The molecule has 0 rings (SSSR count). The highest BCUT2D eigenvalue weighted by Crippen LogP contribution is 1.92. The van der Waals surface area contributed by atoms with Crippen molar-refractivity contribution in [3.63, 3.8) is 0 Å². The minimum Gasteiger partial charge on any atom is -0.448 e. The van der Waals surface area contributed by atoms with Gasteiger partial charge in [0.15, 0.2) is 6.61 Å². The summed E-state index contributed by atoms with van der Waals surface area (Å²) in [5.74, 6) is -0.411. The summed E-state index contributed by atoms with van der Waals surface area (Å²) in [6.45, 7) is 3.73. The molecule has 0 aliphatic rings. The summed E-state index contributed by atoms with van der Waals surface area (Å²) in [5, 5.41) is 0. The molecule has 0 unspecified atom stereocenters. The maximum atomic E-state index is 10.7. The molecule has 13 heavy (non-hydrogen) atoms. The number of hydrogen-bond acceptors (Lipinski definition) is 4. The van der Waals surface area contributed by atoms with Crippen LogP contribution in [0, 0.1) is 5.92 Å². The normalized spacial score (nSPS) is 9.77. The molecule has 6 nitrogen and oxygen atoms in total. The van der Waals surface area contributed by atoms with E-state index >= 15 is 0 Å². The fourth-order valence-electron chi connectivity index (χ4n) is 0.438. The van der Waals surface area contributed by atoms with Gasteiger partial charge in [-0.15, -0.1) is 0 Å². The number of amides is 2. The third-order valence-electron chi connectivity index (χ3n) is 0.918. The van der Waals surface area contributed by atoms with Crippen molar-refractivity contribution in [3.05, 3.63) is 0 Å². The van der Waals surface area contributed by atoms with Crippen molar-refractivity contribution in [1.82, 2.24) is 5.48 Å². The number of rotatable bonds is 5. The van der Waals surface area contributed by atoms with Crippen LogP contribution in [0.25, 0.3) is 0 Å². The van der Waals surface area contributed by atoms with E-state index in [0.717, 1.165) is 0 Å². The number of nitrogens with two attached hydrogens (primary N) is 1. The van der Waals surface area contributed by atoms with Gasteiger partial charge in [0.1, 0.15) is 0 Å². The smallest absolute Gasteiger partial charge is 0.431 e. The van der Waals surface area contributed by atoms with E-state index in [9.17, 15) is 9.59 Å². The Labute approximate surface area is 76.3 Å². The average Bonchev–Trinajstić information content (AvgIpc) is 2.00. The molecular formula is C7H14N2O4. The second-order valence-electron chi connectivity index (χ2n) is 2.85. The molecule has 0 saturated carbocycles. The summed E-state index contributed by atoms with van der Waals surface area (Å²) in [6, 6.07) is 0. The number of nitrogens with one attached hydrogen (secondary N) is 1. The van der Waals surface area contributed by atoms with E-state index in [2.05, 4.69) is 9.57 Å². The monoisotopic (exact) mass is 190 g/mol. The Balaban J connectivity index is 3.35. The Morgan fingerprint density at radius 2 is 2.08 bits per heavy atom. The third kappa shape index (κ3) is 8.61. The van der Waals surface area contributed by atoms with E-state index in [1.807, 2.05) is 19.3 Å². The predicted octanol–water partition coefficient (Wildman–Crippen LogP) is -0.215. The van der Waals surface area contributed by atoms with Crippen molar-refractivity contribution in [3.8, 4) is 0 Å². The summed E-state index contributed by atoms with van der Waals surface area (Å²) >= 11 is 0. The van der Waals surface area contributed by atoms with Crippen LogP contribution in [0.4, 0.5) is 4.79 Å². The molecule has 76 valence electrons. The Morgan fingerprint density at radius 3 is 2.54 bits per heavy atom. The molecule has 0 radical (unpaired) electrons. The molecular weight excluding hydrogens is 176 g/mol. The number of hydrogen-bond donors (Lipinski definition) is 2. The lowest BCUT2D eigenvalue weighted by molar-refractivity contribution is -0.124. The van der Waals surface area contributed by atoms with Gasteiger partial charge in [-0.05, 0) is 5.92 Å². The van der Waals surface area contributed by atoms with Gasteiger partial charge in [-0.2, -0.15) is 5.48 Å². The first-order chi connectivity index (χ1) is 6.02. The van der Waals surface area contributed by atoms with Gasteiger partial charge in [0.05, 0.1) is 6.61 Å². The van der Waals surface area contributed by atoms with E-state index in [4.69, 9.17) is 5.73 Å². The van der Waals surface area contributed by atoms with Crippen molar-refractivity contribution in [2.45, 2.75) is 13.8 Å². The van der Waals surface area contributed by atoms with Crippen molar-refractivity contribution in [1.29, 1.82) is 0 Å². The van der Waals surface area contributed by atoms with Crippen molar-refractivity contribution in [2.75, 3.05) is 13.2 Å². The van der Waals surface area contributed by atoms with E-state index in [-0.39, 0.29) is 12.5 Å². The molecule has 0 aromatic rings. The van der Waals surface area contributed by atoms with Gasteiger partial charge in [-0.25, -0.2) is 4.79 Å². The zero-order chi connectivity index (χ0) is 10.3. The van der Waals surface area contributed by atoms with Crippen LogP contribution in [0.15, 0.2) is 0 Å². The zero-order valence-electron chi connectivity index (χ0n) is 7.70. The van der Waals surface area contributed by atoms with Crippen LogP contribution in [0.2, 0.25) is 0 Å². The summed E-state index contributed by atoms with van der Waals surface area (Å²) in [6.07, 6.45) is -0.727. The molecule has 0 bridgehead atoms. The summed E-state index contributed by atoms with van der Waals surface area (Å²) in [5.41, 5.74) is 6.65. The van der Waals surface area contributed by atoms with E-state index < -0.39 is 12.0 Å². The van der Waals surface area contributed by atoms with Gasteiger partial charge >= 0.3 is 6.09 Å². The number of carbonyl (C=O) groups is 2. The lowest BCUT2D eigenvalue weighted by Crippen LogP contribution is -2.30. The fourth-order valence-corrected chi connectivity index (χ4v) is 0.438. The fraction of sp³-hybridized carbons (Fsp3) is 0.714. The highest BCUT2D eigenvalue weighted by molar-refractivity contribution is 5.75. The lowest BCUT2D eigenvalue weighted by atomic mass is 10.2. The van der Waals surface area contributed by atoms with Crippen LogP contribution in [0.3, 0.4) is 0 Å². The highest BCUT2D eigenvalue weighted by Gasteiger charge is 2.03. The standard InChI is InChI=1S/C7H14N2O4/c1-5(2)3-12-7(11)9-13-4-6(8)10/h5H,3-4H2,1-2H3,(H2,8,10)(H,9,11). The average molecular weight is 190 g/mol. The minimum absolute atomic E-state index is 0.252. The first-order valence-corrected chi connectivity index (χ1v) is 3.85. The largest absolute Gasteiger partial charge is 0.448 e. The molecule has 0 atom stereocenters. The Kier molecular flexibility index (Phi) is 5.62. The first-order valence-electron chi connectivity index (χ1n) is 3.85. The number of primary amides is 1. The van der Waals surface area contributed by atoms with E-state index in [0.29, 0.717) is 6.61 Å². The molecule has 0 saturated heterocycles. The summed E-state index contributed by atoms with van der Waals surface area (Å²) in [7, 11) is 0. The van der Waals surface area contributed by atoms with Crippen molar-refractivity contribution < 1.29 is 19.2 Å². The maximum Gasteiger partial charge on any atom is 0.431 e. The summed E-state index contributed by atoms with van der Waals surface area (Å²) < 4.78 is 4.66. The van der Waals surface area contributed by atoms with Gasteiger partial charge in [0, 0.05) is 0 Å². The topological polar surface area (TPSA) is 90.7 Å². The lowest BCUT2D eigenvalue weighted by Gasteiger charge is -2.07. The zero-order valence-corrected chi connectivity index (χ0v) is 7.70. The quantitative estimate of drug-likeness (QED) is 0.586. The van der Waals surface area contributed by atoms with E-state index in [1.165, 1.54) is 0 Å². The molecule has 0 spiro atoms. The van der Waals surface area contributed by atoms with Gasteiger partial charge in [-0.1, -0.05) is 13.8 Å².